The van der Waals surface area contributed by atoms with Crippen LogP contribution in [0.2, 0.25) is 0 Å². The summed E-state index contributed by atoms with van der Waals surface area (Å²) >= 11 is 0. The van der Waals surface area contributed by atoms with Crippen LogP contribution in [0.25, 0.3) is 0 Å². The number of nitrogens with zero attached hydrogens (tertiary/aromatic N) is 2. The highest BCUT2D eigenvalue weighted by Gasteiger charge is 2.43. The Bertz CT molecular complexity index is 634. The average molecular weight is 325 g/mol. The monoisotopic (exact) mass is 325 g/mol. The van der Waals surface area contributed by atoms with E-state index < -0.39 is 23.2 Å². The predicted octanol–water partition coefficient (Wildman–Crippen LogP) is 2.29. The Morgan fingerprint density at radius 2 is 1.91 bits per heavy atom. The summed E-state index contributed by atoms with van der Waals surface area (Å²) < 4.78 is 26.3. The minimum Gasteiger partial charge on any atom is -0.324 e. The first-order valence-electron chi connectivity index (χ1n) is 7.43. The molecule has 0 aliphatic carbocycles. The molecule has 1 heterocycles. The van der Waals surface area contributed by atoms with Crippen LogP contribution >= 0.6 is 0 Å². The van der Waals surface area contributed by atoms with Crippen molar-refractivity contribution < 1.29 is 18.4 Å². The van der Waals surface area contributed by atoms with Crippen molar-refractivity contribution in [3.05, 3.63) is 35.4 Å². The topological polar surface area (TPSA) is 52.6 Å². The lowest BCUT2D eigenvalue weighted by Gasteiger charge is -2.27. The van der Waals surface area contributed by atoms with Crippen LogP contribution in [0.15, 0.2) is 18.2 Å². The van der Waals surface area contributed by atoms with Gasteiger partial charge in [0.1, 0.15) is 5.54 Å². The largest absolute Gasteiger partial charge is 0.325 e. The molecule has 1 fully saturated rings. The summed E-state index contributed by atoms with van der Waals surface area (Å²) in [6, 6.07) is 3.19. The summed E-state index contributed by atoms with van der Waals surface area (Å²) in [6.07, 6.45) is 0. The number of carbonyl (C=O) groups is 2. The van der Waals surface area contributed by atoms with Crippen LogP contribution in [-0.2, 0) is 4.79 Å². The molecule has 1 unspecified atom stereocenters. The molecule has 1 aromatic rings. The van der Waals surface area contributed by atoms with Gasteiger partial charge in [0.25, 0.3) is 5.91 Å². The summed E-state index contributed by atoms with van der Waals surface area (Å²) in [4.78, 5) is 27.0. The molecular weight excluding hydrogens is 304 g/mol. The van der Waals surface area contributed by atoms with E-state index in [4.69, 9.17) is 0 Å². The lowest BCUT2D eigenvalue weighted by atomic mass is 10.1. The van der Waals surface area contributed by atoms with Gasteiger partial charge >= 0.3 is 6.03 Å². The van der Waals surface area contributed by atoms with E-state index in [9.17, 15) is 18.4 Å². The molecular formula is C16H21F2N3O2. The zero-order valence-corrected chi connectivity index (χ0v) is 13.7. The molecule has 0 saturated carbocycles. The SMILES string of the molecule is CC(c1ccc(F)c(F)c1)N(C)CCN1C(=O)NC(C)(C)C1=O. The number of imide groups is 1. The van der Waals surface area contributed by atoms with E-state index >= 15 is 0 Å². The molecule has 1 atom stereocenters. The third-order valence-electron chi connectivity index (χ3n) is 4.21. The zero-order chi connectivity index (χ0) is 17.4. The second-order valence-corrected chi connectivity index (χ2v) is 6.34. The number of amides is 3. The Balaban J connectivity index is 1.99. The summed E-state index contributed by atoms with van der Waals surface area (Å²) in [5, 5.41) is 2.62. The van der Waals surface area contributed by atoms with E-state index in [0.29, 0.717) is 12.1 Å². The van der Waals surface area contributed by atoms with E-state index in [-0.39, 0.29) is 18.5 Å². The number of likely N-dealkylation sites (N-methyl/N-ethyl adjacent to an activating group) is 1. The summed E-state index contributed by atoms with van der Waals surface area (Å²) in [5.41, 5.74) is -0.259. The third-order valence-corrected chi connectivity index (χ3v) is 4.21. The van der Waals surface area contributed by atoms with Crippen molar-refractivity contribution in [2.24, 2.45) is 0 Å². The van der Waals surface area contributed by atoms with Crippen molar-refractivity contribution in [1.82, 2.24) is 15.1 Å². The Kier molecular flexibility index (Phi) is 4.70. The van der Waals surface area contributed by atoms with Crippen molar-refractivity contribution in [2.75, 3.05) is 20.1 Å². The fourth-order valence-electron chi connectivity index (χ4n) is 2.50. The summed E-state index contributed by atoms with van der Waals surface area (Å²) in [7, 11) is 1.80. The first-order chi connectivity index (χ1) is 10.6. The number of nitrogens with one attached hydrogen (secondary N) is 1. The molecule has 1 aliphatic rings. The molecule has 3 amide bonds. The van der Waals surface area contributed by atoms with Crippen molar-refractivity contribution in [3.8, 4) is 0 Å². The normalized spacial score (nSPS) is 18.5. The van der Waals surface area contributed by atoms with Crippen LogP contribution in [0.1, 0.15) is 32.4 Å². The minimum atomic E-state index is -0.890. The van der Waals surface area contributed by atoms with Crippen LogP contribution in [-0.4, -0.2) is 47.4 Å². The Morgan fingerprint density at radius 1 is 1.26 bits per heavy atom. The highest BCUT2D eigenvalue weighted by Crippen LogP contribution is 2.21. The number of hydrogen-bond donors (Lipinski definition) is 1. The molecule has 2 rings (SSSR count). The van der Waals surface area contributed by atoms with Gasteiger partial charge in [0.2, 0.25) is 0 Å². The highest BCUT2D eigenvalue weighted by atomic mass is 19.2. The van der Waals surface area contributed by atoms with Crippen LogP contribution < -0.4 is 5.32 Å². The van der Waals surface area contributed by atoms with E-state index in [1.807, 2.05) is 11.8 Å². The van der Waals surface area contributed by atoms with Gasteiger partial charge in [-0.3, -0.25) is 14.6 Å². The predicted molar refractivity (Wildman–Crippen MR) is 81.7 cm³/mol. The van der Waals surface area contributed by atoms with Gasteiger partial charge in [-0.05, 0) is 45.5 Å². The number of urea groups is 1. The van der Waals surface area contributed by atoms with E-state index in [0.717, 1.165) is 12.1 Å². The number of rotatable bonds is 5. The number of hydrogen-bond acceptors (Lipinski definition) is 3. The Hall–Kier alpha value is -2.02. The number of benzene rings is 1. The first kappa shape index (κ1) is 17.3. The molecule has 126 valence electrons. The maximum absolute atomic E-state index is 13.3. The fraction of sp³-hybridized carbons (Fsp3) is 0.500. The van der Waals surface area contributed by atoms with Gasteiger partial charge in [-0.1, -0.05) is 6.07 Å². The molecule has 1 aromatic carbocycles. The minimum absolute atomic E-state index is 0.182. The van der Waals surface area contributed by atoms with E-state index in [1.165, 1.54) is 11.0 Å². The second kappa shape index (κ2) is 6.23. The molecule has 0 spiro atoms. The zero-order valence-electron chi connectivity index (χ0n) is 13.7. The van der Waals surface area contributed by atoms with Crippen molar-refractivity contribution in [2.45, 2.75) is 32.4 Å². The molecule has 23 heavy (non-hydrogen) atoms. The Morgan fingerprint density at radius 3 is 2.43 bits per heavy atom. The lowest BCUT2D eigenvalue weighted by Crippen LogP contribution is -2.41. The van der Waals surface area contributed by atoms with Crippen molar-refractivity contribution in [3.63, 3.8) is 0 Å². The molecule has 1 N–H and O–H groups in total. The number of carbonyl (C=O) groups excluding carboxylic acids is 2. The van der Waals surface area contributed by atoms with Gasteiger partial charge in [-0.25, -0.2) is 13.6 Å². The van der Waals surface area contributed by atoms with E-state index in [1.54, 1.807) is 20.9 Å². The van der Waals surface area contributed by atoms with Crippen LogP contribution in [0.5, 0.6) is 0 Å². The van der Waals surface area contributed by atoms with Gasteiger partial charge < -0.3 is 5.32 Å². The van der Waals surface area contributed by atoms with Crippen LogP contribution in [0.4, 0.5) is 13.6 Å². The summed E-state index contributed by atoms with van der Waals surface area (Å²) in [5.74, 6) is -2.04. The summed E-state index contributed by atoms with van der Waals surface area (Å²) in [6.45, 7) is 5.82. The molecule has 1 saturated heterocycles. The van der Waals surface area contributed by atoms with Crippen molar-refractivity contribution in [1.29, 1.82) is 0 Å². The van der Waals surface area contributed by atoms with Crippen LogP contribution in [0.3, 0.4) is 0 Å². The quantitative estimate of drug-likeness (QED) is 0.845. The van der Waals surface area contributed by atoms with Gasteiger partial charge in [0.15, 0.2) is 11.6 Å². The van der Waals surface area contributed by atoms with E-state index in [2.05, 4.69) is 5.32 Å². The molecule has 0 aromatic heterocycles. The fourth-order valence-corrected chi connectivity index (χ4v) is 2.50. The maximum Gasteiger partial charge on any atom is 0.325 e. The molecule has 0 bridgehead atoms. The van der Waals surface area contributed by atoms with Gasteiger partial charge in [-0.2, -0.15) is 0 Å². The molecule has 1 aliphatic heterocycles. The lowest BCUT2D eigenvalue weighted by molar-refractivity contribution is -0.130. The van der Waals surface area contributed by atoms with Gasteiger partial charge in [0, 0.05) is 19.1 Å². The third kappa shape index (κ3) is 3.50. The molecule has 0 radical (unpaired) electrons. The average Bonchev–Trinajstić information content (AvgIpc) is 2.67. The highest BCUT2D eigenvalue weighted by molar-refractivity contribution is 6.06. The maximum atomic E-state index is 13.3. The molecule has 7 heteroatoms. The van der Waals surface area contributed by atoms with Crippen molar-refractivity contribution >= 4 is 11.9 Å². The van der Waals surface area contributed by atoms with Gasteiger partial charge in [-0.15, -0.1) is 0 Å². The second-order valence-electron chi connectivity index (χ2n) is 6.34. The van der Waals surface area contributed by atoms with Crippen LogP contribution in [0, 0.1) is 11.6 Å². The van der Waals surface area contributed by atoms with Gasteiger partial charge in [0.05, 0.1) is 0 Å². The standard InChI is InChI=1S/C16H21F2N3O2/c1-10(11-5-6-12(17)13(18)9-11)20(4)7-8-21-14(22)16(2,3)19-15(21)23/h5-6,9-10H,7-8H2,1-4H3,(H,19,23). The Labute approximate surface area is 134 Å². The molecule has 5 nitrogen and oxygen atoms in total. The first-order valence-corrected chi connectivity index (χ1v) is 7.43. The number of halogens is 2. The smallest absolute Gasteiger partial charge is 0.324 e.